The van der Waals surface area contributed by atoms with Crippen molar-refractivity contribution >= 4 is 40.6 Å². The Bertz CT molecular complexity index is 957. The third-order valence-electron chi connectivity index (χ3n) is 4.04. The first-order chi connectivity index (χ1) is 13.5. The van der Waals surface area contributed by atoms with Crippen molar-refractivity contribution in [1.82, 2.24) is 19.7 Å². The second-order valence-corrected chi connectivity index (χ2v) is 7.47. The molecule has 3 aromatic rings. The van der Waals surface area contributed by atoms with Crippen molar-refractivity contribution < 1.29 is 4.79 Å². The summed E-state index contributed by atoms with van der Waals surface area (Å²) in [6.07, 6.45) is 1.57. The van der Waals surface area contributed by atoms with Crippen LogP contribution in [0.3, 0.4) is 0 Å². The van der Waals surface area contributed by atoms with Gasteiger partial charge in [0.05, 0.1) is 11.4 Å². The van der Waals surface area contributed by atoms with E-state index in [2.05, 4.69) is 20.5 Å². The zero-order valence-electron chi connectivity index (χ0n) is 15.9. The van der Waals surface area contributed by atoms with Crippen LogP contribution in [0.15, 0.2) is 47.8 Å². The lowest BCUT2D eigenvalue weighted by molar-refractivity contribution is -0.113. The number of hydrogen-bond acceptors (Lipinski definition) is 6. The monoisotopic (exact) mass is 416 g/mol. The fourth-order valence-corrected chi connectivity index (χ4v) is 3.57. The minimum absolute atomic E-state index is 0.178. The Kier molecular flexibility index (Phi) is 6.53. The van der Waals surface area contributed by atoms with Crippen LogP contribution in [0.25, 0.3) is 11.4 Å². The number of rotatable bonds is 7. The molecule has 0 aliphatic heterocycles. The Hall–Kier alpha value is -2.58. The van der Waals surface area contributed by atoms with Crippen LogP contribution in [-0.4, -0.2) is 45.5 Å². The predicted octanol–water partition coefficient (Wildman–Crippen LogP) is 3.81. The third kappa shape index (κ3) is 4.63. The van der Waals surface area contributed by atoms with Crippen molar-refractivity contribution in [3.63, 3.8) is 0 Å². The Morgan fingerprint density at radius 1 is 1.21 bits per heavy atom. The molecule has 0 bridgehead atoms. The molecule has 2 aromatic heterocycles. The summed E-state index contributed by atoms with van der Waals surface area (Å²) in [5, 5.41) is 12.3. The van der Waals surface area contributed by atoms with Gasteiger partial charge in [-0.2, -0.15) is 0 Å². The van der Waals surface area contributed by atoms with E-state index in [0.717, 1.165) is 17.1 Å². The average molecular weight is 417 g/mol. The van der Waals surface area contributed by atoms with E-state index >= 15 is 0 Å². The molecule has 0 unspecified atom stereocenters. The lowest BCUT2D eigenvalue weighted by Gasteiger charge is -2.13. The number of amides is 1. The van der Waals surface area contributed by atoms with E-state index in [4.69, 9.17) is 11.6 Å². The van der Waals surface area contributed by atoms with Crippen LogP contribution in [0, 0.1) is 0 Å². The highest BCUT2D eigenvalue weighted by molar-refractivity contribution is 7.99. The summed E-state index contributed by atoms with van der Waals surface area (Å²) >= 11 is 7.31. The number of pyridine rings is 1. The molecule has 0 aliphatic rings. The van der Waals surface area contributed by atoms with E-state index in [-0.39, 0.29) is 16.8 Å². The number of hydrogen-bond donors (Lipinski definition) is 1. The molecule has 0 atom stereocenters. The van der Waals surface area contributed by atoms with Gasteiger partial charge >= 0.3 is 0 Å². The molecule has 0 saturated heterocycles. The highest BCUT2D eigenvalue weighted by Gasteiger charge is 2.15. The molecule has 7 nitrogen and oxygen atoms in total. The first-order valence-electron chi connectivity index (χ1n) is 8.73. The SMILES string of the molecule is CCn1c(SCC(=O)Nc2cccnc2Cl)nnc1-c1ccc(N(C)C)cc1. The van der Waals surface area contributed by atoms with Gasteiger partial charge in [0.25, 0.3) is 0 Å². The summed E-state index contributed by atoms with van der Waals surface area (Å²) in [4.78, 5) is 18.2. The van der Waals surface area contributed by atoms with E-state index in [1.165, 1.54) is 11.8 Å². The van der Waals surface area contributed by atoms with Gasteiger partial charge < -0.3 is 14.8 Å². The van der Waals surface area contributed by atoms with Crippen molar-refractivity contribution in [2.24, 2.45) is 0 Å². The average Bonchev–Trinajstić information content (AvgIpc) is 3.11. The molecule has 28 heavy (non-hydrogen) atoms. The normalized spacial score (nSPS) is 10.7. The Labute approximate surface area is 173 Å². The molecule has 0 fully saturated rings. The maximum Gasteiger partial charge on any atom is 0.234 e. The smallest absolute Gasteiger partial charge is 0.234 e. The molecule has 1 N–H and O–H groups in total. The molecule has 1 aromatic carbocycles. The number of carbonyl (C=O) groups excluding carboxylic acids is 1. The lowest BCUT2D eigenvalue weighted by Crippen LogP contribution is -2.15. The van der Waals surface area contributed by atoms with Gasteiger partial charge in [-0.25, -0.2) is 4.98 Å². The third-order valence-corrected chi connectivity index (χ3v) is 5.31. The summed E-state index contributed by atoms with van der Waals surface area (Å²) < 4.78 is 2.00. The molecule has 0 spiro atoms. The highest BCUT2D eigenvalue weighted by Crippen LogP contribution is 2.26. The van der Waals surface area contributed by atoms with Gasteiger partial charge in [-0.15, -0.1) is 10.2 Å². The van der Waals surface area contributed by atoms with Crippen molar-refractivity contribution in [1.29, 1.82) is 0 Å². The molecule has 146 valence electrons. The number of nitrogens with zero attached hydrogens (tertiary/aromatic N) is 5. The maximum atomic E-state index is 12.2. The highest BCUT2D eigenvalue weighted by atomic mass is 35.5. The number of benzene rings is 1. The lowest BCUT2D eigenvalue weighted by atomic mass is 10.2. The number of thioether (sulfide) groups is 1. The fraction of sp³-hybridized carbons (Fsp3) is 0.263. The second-order valence-electron chi connectivity index (χ2n) is 6.17. The van der Waals surface area contributed by atoms with Crippen molar-refractivity contribution in [3.05, 3.63) is 47.7 Å². The van der Waals surface area contributed by atoms with E-state index in [1.54, 1.807) is 18.3 Å². The number of anilines is 2. The number of nitrogens with one attached hydrogen (secondary N) is 1. The second kappa shape index (κ2) is 9.07. The Morgan fingerprint density at radius 2 is 1.96 bits per heavy atom. The molecule has 0 radical (unpaired) electrons. The Morgan fingerprint density at radius 3 is 2.61 bits per heavy atom. The van der Waals surface area contributed by atoms with E-state index < -0.39 is 0 Å². The molecule has 1 amide bonds. The summed E-state index contributed by atoms with van der Waals surface area (Å²) in [6.45, 7) is 2.73. The summed E-state index contributed by atoms with van der Waals surface area (Å²) in [7, 11) is 4.00. The fourth-order valence-electron chi connectivity index (χ4n) is 2.60. The van der Waals surface area contributed by atoms with Gasteiger partial charge in [0.15, 0.2) is 16.1 Å². The number of carbonyl (C=O) groups is 1. The molecule has 3 rings (SSSR count). The first-order valence-corrected chi connectivity index (χ1v) is 10.1. The van der Waals surface area contributed by atoms with Crippen LogP contribution in [-0.2, 0) is 11.3 Å². The number of aromatic nitrogens is 4. The molecule has 9 heteroatoms. The van der Waals surface area contributed by atoms with E-state index in [1.807, 2.05) is 54.8 Å². The van der Waals surface area contributed by atoms with Crippen molar-refractivity contribution in [2.45, 2.75) is 18.6 Å². The van der Waals surface area contributed by atoms with Crippen LogP contribution in [0.5, 0.6) is 0 Å². The minimum atomic E-state index is -0.178. The maximum absolute atomic E-state index is 12.2. The van der Waals surface area contributed by atoms with Gasteiger partial charge in [0.2, 0.25) is 5.91 Å². The standard InChI is InChI=1S/C19H21ClN6OS/c1-4-26-18(13-7-9-14(10-8-13)25(2)3)23-24-19(26)28-12-16(27)22-15-6-5-11-21-17(15)20/h5-11H,4,12H2,1-3H3,(H,22,27). The largest absolute Gasteiger partial charge is 0.378 e. The van der Waals surface area contributed by atoms with Gasteiger partial charge in [-0.05, 0) is 43.3 Å². The topological polar surface area (TPSA) is 75.9 Å². The van der Waals surface area contributed by atoms with Gasteiger partial charge in [0, 0.05) is 38.1 Å². The van der Waals surface area contributed by atoms with Gasteiger partial charge in [-0.1, -0.05) is 23.4 Å². The van der Waals surface area contributed by atoms with Gasteiger partial charge in [-0.3, -0.25) is 4.79 Å². The van der Waals surface area contributed by atoms with E-state index in [0.29, 0.717) is 17.4 Å². The summed E-state index contributed by atoms with van der Waals surface area (Å²) in [5.41, 5.74) is 2.60. The van der Waals surface area contributed by atoms with Crippen LogP contribution < -0.4 is 10.2 Å². The van der Waals surface area contributed by atoms with Crippen LogP contribution in [0.2, 0.25) is 5.15 Å². The van der Waals surface area contributed by atoms with Crippen LogP contribution >= 0.6 is 23.4 Å². The van der Waals surface area contributed by atoms with E-state index in [9.17, 15) is 4.79 Å². The van der Waals surface area contributed by atoms with Crippen molar-refractivity contribution in [2.75, 3.05) is 30.1 Å². The molecule has 0 aliphatic carbocycles. The zero-order chi connectivity index (χ0) is 20.1. The van der Waals surface area contributed by atoms with Crippen LogP contribution in [0.1, 0.15) is 6.92 Å². The quantitative estimate of drug-likeness (QED) is 0.466. The molecule has 2 heterocycles. The zero-order valence-corrected chi connectivity index (χ0v) is 17.5. The van der Waals surface area contributed by atoms with Crippen molar-refractivity contribution in [3.8, 4) is 11.4 Å². The first kappa shape index (κ1) is 20.2. The summed E-state index contributed by atoms with van der Waals surface area (Å²) in [5.74, 6) is 0.802. The van der Waals surface area contributed by atoms with Gasteiger partial charge in [0.1, 0.15) is 0 Å². The van der Waals surface area contributed by atoms with Crippen LogP contribution in [0.4, 0.5) is 11.4 Å². The summed E-state index contributed by atoms with van der Waals surface area (Å²) in [6, 6.07) is 11.6. The minimum Gasteiger partial charge on any atom is -0.378 e. The predicted molar refractivity (Wildman–Crippen MR) is 114 cm³/mol. The Balaban J connectivity index is 1.70. The molecular weight excluding hydrogens is 396 g/mol. The molecule has 0 saturated carbocycles. The molecular formula is C19H21ClN6OS. The number of halogens is 1.